The van der Waals surface area contributed by atoms with E-state index >= 15 is 0 Å². The second-order valence-electron chi connectivity index (χ2n) is 3.01. The fraction of sp³-hybridized carbons (Fsp3) is 0.429. The molecule has 0 aliphatic rings. The van der Waals surface area contributed by atoms with Crippen LogP contribution in [-0.2, 0) is 9.05 Å². The molecule has 1 aromatic rings. The third-order valence-electron chi connectivity index (χ3n) is 1.57. The highest BCUT2D eigenvalue weighted by Gasteiger charge is 2.12. The van der Waals surface area contributed by atoms with Crippen molar-refractivity contribution in [2.75, 3.05) is 0 Å². The van der Waals surface area contributed by atoms with Gasteiger partial charge in [-0.15, -0.1) is 0 Å². The van der Waals surface area contributed by atoms with Crippen LogP contribution in [0.1, 0.15) is 19.9 Å². The summed E-state index contributed by atoms with van der Waals surface area (Å²) in [6.45, 7) is 3.53. The highest BCUT2D eigenvalue weighted by Crippen LogP contribution is 2.10. The molecule has 0 aliphatic heterocycles. The van der Waals surface area contributed by atoms with Gasteiger partial charge in [-0.1, -0.05) is 0 Å². The molecule has 0 saturated carbocycles. The molecular weight excluding hydrogens is 228 g/mol. The lowest BCUT2D eigenvalue weighted by atomic mass is 10.4. The molecule has 1 rings (SSSR count). The van der Waals surface area contributed by atoms with Crippen LogP contribution in [0.3, 0.4) is 0 Å². The molecule has 0 saturated heterocycles. The number of hydrogen-bond acceptors (Lipinski definition) is 4. The zero-order chi connectivity index (χ0) is 10.9. The Labute approximate surface area is 85.7 Å². The van der Waals surface area contributed by atoms with E-state index < -0.39 is 14.6 Å². The number of aromatic nitrogens is 2. The van der Waals surface area contributed by atoms with Gasteiger partial charge >= 0.3 is 0 Å². The van der Waals surface area contributed by atoms with E-state index in [1.54, 1.807) is 13.8 Å². The molecule has 7 heteroatoms. The smallest absolute Gasteiger partial charge is 0.268 e. The molecule has 14 heavy (non-hydrogen) atoms. The fourth-order valence-corrected chi connectivity index (χ4v) is 1.59. The van der Waals surface area contributed by atoms with Gasteiger partial charge in [-0.05, 0) is 13.8 Å². The van der Waals surface area contributed by atoms with Crippen molar-refractivity contribution in [2.24, 2.45) is 0 Å². The third kappa shape index (κ3) is 2.33. The summed E-state index contributed by atoms with van der Waals surface area (Å²) in [7, 11) is 1.18. The van der Waals surface area contributed by atoms with Crippen molar-refractivity contribution in [3.8, 4) is 0 Å². The SMILES string of the molecule is CC(C)n1ncc(S(=O)(=O)Cl)cc1=O. The van der Waals surface area contributed by atoms with Crippen LogP contribution in [0.2, 0.25) is 0 Å². The van der Waals surface area contributed by atoms with Gasteiger partial charge in [-0.2, -0.15) is 5.10 Å². The van der Waals surface area contributed by atoms with E-state index in [4.69, 9.17) is 10.7 Å². The van der Waals surface area contributed by atoms with Crippen LogP contribution >= 0.6 is 10.7 Å². The van der Waals surface area contributed by atoms with Crippen molar-refractivity contribution in [1.29, 1.82) is 0 Å². The Morgan fingerprint density at radius 2 is 2.07 bits per heavy atom. The predicted octanol–water partition coefficient (Wildman–Crippen LogP) is 0.752. The summed E-state index contributed by atoms with van der Waals surface area (Å²) in [6, 6.07) is 0.838. The van der Waals surface area contributed by atoms with Crippen molar-refractivity contribution in [3.05, 3.63) is 22.6 Å². The van der Waals surface area contributed by atoms with Crippen LogP contribution in [0, 0.1) is 0 Å². The monoisotopic (exact) mass is 236 g/mol. The molecule has 0 fully saturated rings. The average molecular weight is 237 g/mol. The maximum absolute atomic E-state index is 11.3. The third-order valence-corrected chi connectivity index (χ3v) is 2.89. The van der Waals surface area contributed by atoms with E-state index in [0.29, 0.717) is 0 Å². The maximum atomic E-state index is 11.3. The summed E-state index contributed by atoms with van der Waals surface area (Å²) >= 11 is 0. The minimum Gasteiger partial charge on any atom is -0.268 e. The molecule has 0 spiro atoms. The van der Waals surface area contributed by atoms with Gasteiger partial charge in [0.25, 0.3) is 14.6 Å². The van der Waals surface area contributed by atoms with E-state index in [1.165, 1.54) is 4.68 Å². The molecule has 0 atom stereocenters. The lowest BCUT2D eigenvalue weighted by Gasteiger charge is -2.07. The average Bonchev–Trinajstić information content (AvgIpc) is 2.01. The van der Waals surface area contributed by atoms with Gasteiger partial charge in [0, 0.05) is 16.7 Å². The van der Waals surface area contributed by atoms with Crippen LogP contribution in [0.15, 0.2) is 22.0 Å². The summed E-state index contributed by atoms with van der Waals surface area (Å²) in [5, 5.41) is 3.68. The Hall–Kier alpha value is -0.880. The summed E-state index contributed by atoms with van der Waals surface area (Å²) in [5.41, 5.74) is -0.485. The zero-order valence-corrected chi connectivity index (χ0v) is 9.21. The fourth-order valence-electron chi connectivity index (χ4n) is 0.922. The number of rotatable bonds is 2. The Kier molecular flexibility index (Phi) is 2.96. The van der Waals surface area contributed by atoms with Crippen LogP contribution in [-0.4, -0.2) is 18.2 Å². The standard InChI is InChI=1S/C7H9ClN2O3S/c1-5(2)10-7(11)3-6(4-9-10)14(8,12)13/h3-5H,1-2H3. The minimum atomic E-state index is -3.87. The Balaban J connectivity index is 3.35. The van der Waals surface area contributed by atoms with E-state index in [1.807, 2.05) is 0 Å². The first-order valence-electron chi connectivity index (χ1n) is 3.86. The van der Waals surface area contributed by atoms with Crippen molar-refractivity contribution in [2.45, 2.75) is 24.8 Å². The van der Waals surface area contributed by atoms with Gasteiger partial charge < -0.3 is 0 Å². The van der Waals surface area contributed by atoms with E-state index in [0.717, 1.165) is 12.3 Å². The van der Waals surface area contributed by atoms with Gasteiger partial charge in [-0.25, -0.2) is 13.1 Å². The highest BCUT2D eigenvalue weighted by atomic mass is 35.7. The van der Waals surface area contributed by atoms with E-state index in [-0.39, 0.29) is 10.9 Å². The van der Waals surface area contributed by atoms with Crippen LogP contribution in [0.4, 0.5) is 0 Å². The second kappa shape index (κ2) is 3.70. The first-order chi connectivity index (χ1) is 6.32. The molecule has 5 nitrogen and oxygen atoms in total. The van der Waals surface area contributed by atoms with Crippen LogP contribution in [0.5, 0.6) is 0 Å². The van der Waals surface area contributed by atoms with Gasteiger partial charge in [0.15, 0.2) is 0 Å². The van der Waals surface area contributed by atoms with Gasteiger partial charge in [0.05, 0.1) is 12.2 Å². The van der Waals surface area contributed by atoms with Gasteiger partial charge in [-0.3, -0.25) is 4.79 Å². The molecule has 1 heterocycles. The lowest BCUT2D eigenvalue weighted by molar-refractivity contribution is 0.497. The number of halogens is 1. The molecule has 0 bridgehead atoms. The summed E-state index contributed by atoms with van der Waals surface area (Å²) in [6.07, 6.45) is 1.06. The molecule has 0 aliphatic carbocycles. The van der Waals surface area contributed by atoms with Crippen molar-refractivity contribution >= 4 is 19.7 Å². The highest BCUT2D eigenvalue weighted by molar-refractivity contribution is 8.13. The normalized spacial score (nSPS) is 12.0. The van der Waals surface area contributed by atoms with Crippen LogP contribution in [0.25, 0.3) is 0 Å². The quantitative estimate of drug-likeness (QED) is 0.711. The molecule has 0 radical (unpaired) electrons. The Morgan fingerprint density at radius 1 is 1.50 bits per heavy atom. The first-order valence-corrected chi connectivity index (χ1v) is 6.17. The van der Waals surface area contributed by atoms with E-state index in [2.05, 4.69) is 5.10 Å². The maximum Gasteiger partial charge on any atom is 0.268 e. The summed E-state index contributed by atoms with van der Waals surface area (Å²) in [5.74, 6) is 0. The molecule has 0 N–H and O–H groups in total. The number of nitrogens with zero attached hydrogens (tertiary/aromatic N) is 2. The zero-order valence-electron chi connectivity index (χ0n) is 7.64. The number of hydrogen-bond donors (Lipinski definition) is 0. The van der Waals surface area contributed by atoms with Crippen molar-refractivity contribution in [3.63, 3.8) is 0 Å². The second-order valence-corrected chi connectivity index (χ2v) is 5.57. The minimum absolute atomic E-state index is 0.116. The van der Waals surface area contributed by atoms with Crippen LogP contribution < -0.4 is 5.56 Å². The van der Waals surface area contributed by atoms with Gasteiger partial charge in [0.1, 0.15) is 4.90 Å². The first kappa shape index (κ1) is 11.2. The molecule has 0 aromatic carbocycles. The largest absolute Gasteiger partial charge is 0.268 e. The van der Waals surface area contributed by atoms with E-state index in [9.17, 15) is 13.2 Å². The predicted molar refractivity (Wildman–Crippen MR) is 51.9 cm³/mol. The van der Waals surface area contributed by atoms with Crippen molar-refractivity contribution < 1.29 is 8.42 Å². The molecule has 78 valence electrons. The van der Waals surface area contributed by atoms with Crippen molar-refractivity contribution in [1.82, 2.24) is 9.78 Å². The summed E-state index contributed by atoms with van der Waals surface area (Å²) < 4.78 is 22.9. The Bertz CT molecular complexity index is 492. The van der Waals surface area contributed by atoms with Gasteiger partial charge in [0.2, 0.25) is 0 Å². The molecular formula is C7H9ClN2O3S. The molecule has 0 amide bonds. The molecule has 0 unspecified atom stereocenters. The topological polar surface area (TPSA) is 69.0 Å². The lowest BCUT2D eigenvalue weighted by Crippen LogP contribution is -2.24. The summed E-state index contributed by atoms with van der Waals surface area (Å²) in [4.78, 5) is 11.0. The Morgan fingerprint density at radius 3 is 2.43 bits per heavy atom. The molecule has 1 aromatic heterocycles.